The normalized spacial score (nSPS) is 40.9. The van der Waals surface area contributed by atoms with Crippen LogP contribution < -0.4 is 0 Å². The van der Waals surface area contributed by atoms with Gasteiger partial charge in [-0.25, -0.2) is 0 Å². The smallest absolute Gasteiger partial charge is 0.186 e. The first-order valence-electron chi connectivity index (χ1n) is 5.55. The summed E-state index contributed by atoms with van der Waals surface area (Å²) in [7, 11) is 1.58. The van der Waals surface area contributed by atoms with Gasteiger partial charge in [-0.2, -0.15) is 0 Å². The van der Waals surface area contributed by atoms with Gasteiger partial charge in [0.15, 0.2) is 12.1 Å². The maximum absolute atomic E-state index is 10.4. The van der Waals surface area contributed by atoms with Crippen molar-refractivity contribution in [2.45, 2.75) is 57.1 Å². The van der Waals surface area contributed by atoms with Crippen LogP contribution in [0.3, 0.4) is 0 Å². The van der Waals surface area contributed by atoms with Crippen molar-refractivity contribution >= 4 is 6.29 Å². The minimum absolute atomic E-state index is 0.123. The van der Waals surface area contributed by atoms with E-state index in [0.29, 0.717) is 12.8 Å². The molecule has 5 heteroatoms. The molecule has 5 nitrogen and oxygen atoms in total. The van der Waals surface area contributed by atoms with Gasteiger partial charge in [0.05, 0.1) is 6.10 Å². The fourth-order valence-corrected chi connectivity index (χ4v) is 2.30. The van der Waals surface area contributed by atoms with E-state index < -0.39 is 12.1 Å². The van der Waals surface area contributed by atoms with Crippen LogP contribution in [-0.2, 0) is 23.7 Å². The molecular weight excluding hydrogens is 212 g/mol. The molecule has 0 aliphatic carbocycles. The van der Waals surface area contributed by atoms with Crippen LogP contribution >= 0.6 is 0 Å². The summed E-state index contributed by atoms with van der Waals surface area (Å²) < 4.78 is 22.4. The average Bonchev–Trinajstić information content (AvgIpc) is 2.69. The fraction of sp³-hybridized carbons (Fsp3) is 0.909. The monoisotopic (exact) mass is 230 g/mol. The zero-order valence-electron chi connectivity index (χ0n) is 9.84. The molecule has 0 aromatic heterocycles. The second-order valence-corrected chi connectivity index (χ2v) is 4.59. The predicted octanol–water partition coefficient (Wildman–Crippen LogP) is 0.857. The van der Waals surface area contributed by atoms with Crippen LogP contribution in [0, 0.1) is 0 Å². The molecule has 0 bridgehead atoms. The standard InChI is InChI=1S/C11H18O5/c1-11(2)15-8-7(5-4-6-12)14-10(13-3)9(8)16-11/h6-10H,4-5H2,1-3H3/t7-,8+,9+,10+/m0/s1. The SMILES string of the molecule is CO[C@@H]1O[C@@H](CCC=O)[C@H]2OC(C)(C)O[C@@H]12. The lowest BCUT2D eigenvalue weighted by Gasteiger charge is -2.23. The van der Waals surface area contributed by atoms with Crippen molar-refractivity contribution in [3.8, 4) is 0 Å². The molecule has 2 saturated heterocycles. The number of hydrogen-bond acceptors (Lipinski definition) is 5. The molecule has 0 unspecified atom stereocenters. The Labute approximate surface area is 95.0 Å². The third kappa shape index (κ3) is 2.13. The molecule has 4 atom stereocenters. The van der Waals surface area contributed by atoms with E-state index >= 15 is 0 Å². The number of carbonyl (C=O) groups is 1. The first-order chi connectivity index (χ1) is 7.57. The molecule has 0 aromatic carbocycles. The van der Waals surface area contributed by atoms with Crippen LogP contribution in [0.5, 0.6) is 0 Å². The van der Waals surface area contributed by atoms with E-state index in [9.17, 15) is 4.79 Å². The van der Waals surface area contributed by atoms with Gasteiger partial charge < -0.3 is 23.7 Å². The summed E-state index contributed by atoms with van der Waals surface area (Å²) in [6.45, 7) is 3.74. The Morgan fingerprint density at radius 2 is 2.00 bits per heavy atom. The van der Waals surface area contributed by atoms with E-state index in [1.807, 2.05) is 13.8 Å². The van der Waals surface area contributed by atoms with E-state index in [0.717, 1.165) is 6.29 Å². The Kier molecular flexibility index (Phi) is 3.30. The number of ether oxygens (including phenoxy) is 4. The Morgan fingerprint density at radius 3 is 2.62 bits per heavy atom. The van der Waals surface area contributed by atoms with Crippen LogP contribution in [0.1, 0.15) is 26.7 Å². The number of methoxy groups -OCH3 is 1. The minimum Gasteiger partial charge on any atom is -0.353 e. The van der Waals surface area contributed by atoms with Crippen molar-refractivity contribution in [1.29, 1.82) is 0 Å². The van der Waals surface area contributed by atoms with E-state index in [4.69, 9.17) is 18.9 Å². The minimum atomic E-state index is -0.602. The van der Waals surface area contributed by atoms with Crippen LogP contribution in [-0.4, -0.2) is 43.8 Å². The number of rotatable bonds is 4. The van der Waals surface area contributed by atoms with Crippen molar-refractivity contribution in [1.82, 2.24) is 0 Å². The number of carbonyl (C=O) groups excluding carboxylic acids is 1. The van der Waals surface area contributed by atoms with Gasteiger partial charge in [0, 0.05) is 13.5 Å². The summed E-state index contributed by atoms with van der Waals surface area (Å²) in [4.78, 5) is 10.4. The van der Waals surface area contributed by atoms with Crippen LogP contribution in [0.4, 0.5) is 0 Å². The second kappa shape index (κ2) is 4.41. The summed E-state index contributed by atoms with van der Waals surface area (Å²) in [6.07, 6.45) is 1.14. The van der Waals surface area contributed by atoms with Gasteiger partial charge >= 0.3 is 0 Å². The highest BCUT2D eigenvalue weighted by molar-refractivity contribution is 5.49. The molecular formula is C11H18O5. The van der Waals surface area contributed by atoms with E-state index in [-0.39, 0.29) is 18.3 Å². The molecule has 2 aliphatic rings. The molecule has 0 amide bonds. The second-order valence-electron chi connectivity index (χ2n) is 4.59. The fourth-order valence-electron chi connectivity index (χ4n) is 2.30. The Balaban J connectivity index is 2.04. The molecule has 0 N–H and O–H groups in total. The molecule has 0 aromatic rings. The molecule has 92 valence electrons. The highest BCUT2D eigenvalue weighted by Gasteiger charge is 2.55. The Bertz CT molecular complexity index is 265. The van der Waals surface area contributed by atoms with Crippen LogP contribution in [0.25, 0.3) is 0 Å². The predicted molar refractivity (Wildman–Crippen MR) is 54.8 cm³/mol. The van der Waals surface area contributed by atoms with Crippen molar-refractivity contribution in [3.05, 3.63) is 0 Å². The number of hydrogen-bond donors (Lipinski definition) is 0. The van der Waals surface area contributed by atoms with E-state index in [2.05, 4.69) is 0 Å². The summed E-state index contributed by atoms with van der Waals surface area (Å²) in [6, 6.07) is 0. The van der Waals surface area contributed by atoms with Gasteiger partial charge in [0.25, 0.3) is 0 Å². The van der Waals surface area contributed by atoms with Crippen molar-refractivity contribution < 1.29 is 23.7 Å². The molecule has 0 spiro atoms. The zero-order valence-corrected chi connectivity index (χ0v) is 9.84. The lowest BCUT2D eigenvalue weighted by atomic mass is 10.1. The third-order valence-corrected chi connectivity index (χ3v) is 2.91. The highest BCUT2D eigenvalue weighted by Crippen LogP contribution is 2.39. The van der Waals surface area contributed by atoms with Crippen LogP contribution in [0.15, 0.2) is 0 Å². The Hall–Kier alpha value is -0.490. The van der Waals surface area contributed by atoms with Gasteiger partial charge in [0.2, 0.25) is 0 Å². The van der Waals surface area contributed by atoms with Crippen molar-refractivity contribution in [3.63, 3.8) is 0 Å². The first kappa shape index (κ1) is 12.0. The van der Waals surface area contributed by atoms with Gasteiger partial charge in [-0.15, -0.1) is 0 Å². The topological polar surface area (TPSA) is 54.0 Å². The maximum Gasteiger partial charge on any atom is 0.186 e. The molecule has 16 heavy (non-hydrogen) atoms. The van der Waals surface area contributed by atoms with Gasteiger partial charge in [-0.05, 0) is 20.3 Å². The summed E-state index contributed by atoms with van der Waals surface area (Å²) in [5.41, 5.74) is 0. The summed E-state index contributed by atoms with van der Waals surface area (Å²) in [5.74, 6) is -0.602. The molecule has 2 rings (SSSR count). The molecule has 2 heterocycles. The van der Waals surface area contributed by atoms with E-state index in [1.54, 1.807) is 7.11 Å². The van der Waals surface area contributed by atoms with E-state index in [1.165, 1.54) is 0 Å². The average molecular weight is 230 g/mol. The lowest BCUT2D eigenvalue weighted by Crippen LogP contribution is -2.30. The summed E-state index contributed by atoms with van der Waals surface area (Å²) in [5, 5.41) is 0. The van der Waals surface area contributed by atoms with Crippen LogP contribution in [0.2, 0.25) is 0 Å². The molecule has 0 radical (unpaired) electrons. The maximum atomic E-state index is 10.4. The van der Waals surface area contributed by atoms with Gasteiger partial charge in [0.1, 0.15) is 18.5 Å². The van der Waals surface area contributed by atoms with Crippen molar-refractivity contribution in [2.24, 2.45) is 0 Å². The molecule has 2 fully saturated rings. The van der Waals surface area contributed by atoms with Crippen molar-refractivity contribution in [2.75, 3.05) is 7.11 Å². The quantitative estimate of drug-likeness (QED) is 0.670. The summed E-state index contributed by atoms with van der Waals surface area (Å²) >= 11 is 0. The number of fused-ring (bicyclic) bond motifs is 1. The third-order valence-electron chi connectivity index (χ3n) is 2.91. The van der Waals surface area contributed by atoms with Gasteiger partial charge in [-0.3, -0.25) is 0 Å². The number of aldehydes is 1. The molecule has 0 saturated carbocycles. The largest absolute Gasteiger partial charge is 0.353 e. The lowest BCUT2D eigenvalue weighted by molar-refractivity contribution is -0.227. The highest BCUT2D eigenvalue weighted by atomic mass is 16.8. The molecule has 2 aliphatic heterocycles. The zero-order chi connectivity index (χ0) is 11.8. The first-order valence-corrected chi connectivity index (χ1v) is 5.55. The Morgan fingerprint density at radius 1 is 1.31 bits per heavy atom. The van der Waals surface area contributed by atoms with Gasteiger partial charge in [-0.1, -0.05) is 0 Å².